The van der Waals surface area contributed by atoms with Gasteiger partial charge in [0.1, 0.15) is 22.9 Å². The summed E-state index contributed by atoms with van der Waals surface area (Å²) in [5.41, 5.74) is -0.145. The van der Waals surface area contributed by atoms with Crippen LogP contribution in [0.5, 0.6) is 11.8 Å². The third-order valence-corrected chi connectivity index (χ3v) is 6.60. The summed E-state index contributed by atoms with van der Waals surface area (Å²) in [4.78, 5) is 52.2. The number of carboxylic acid groups (broad SMARTS) is 1. The monoisotopic (exact) mass is 508 g/mol. The van der Waals surface area contributed by atoms with Gasteiger partial charge in [-0.05, 0) is 24.3 Å². The summed E-state index contributed by atoms with van der Waals surface area (Å²) in [6.45, 7) is 0.940. The molecule has 5 heterocycles. The van der Waals surface area contributed by atoms with Crippen molar-refractivity contribution in [1.82, 2.24) is 23.9 Å². The second-order valence-electron chi connectivity index (χ2n) is 8.09. The second kappa shape index (κ2) is 9.34. The van der Waals surface area contributed by atoms with Crippen molar-refractivity contribution in [3.63, 3.8) is 0 Å². The number of rotatable bonds is 8. The number of anilines is 1. The minimum Gasteiger partial charge on any atom is -0.495 e. The van der Waals surface area contributed by atoms with Crippen LogP contribution in [0.4, 0.5) is 5.82 Å². The van der Waals surface area contributed by atoms with Gasteiger partial charge in [0, 0.05) is 42.9 Å². The van der Waals surface area contributed by atoms with Gasteiger partial charge in [0.15, 0.2) is 5.65 Å². The van der Waals surface area contributed by atoms with Crippen molar-refractivity contribution in [2.75, 3.05) is 32.2 Å². The lowest BCUT2D eigenvalue weighted by atomic mass is 9.92. The molecule has 0 bridgehead atoms. The summed E-state index contributed by atoms with van der Waals surface area (Å²) < 4.78 is 15.6. The standard InChI is InChI=1S/C23H20N6O6S/c1-34-14-4-3-13(24-8-14)7-17(30)12-9-28(10-12)18-6-5-15-19(31)16(21(32)33)11-29(20(15)25-18)23-26-22(35-2)27-36-23/h3-6,8,11-12H,7,9-10H2,1-2H3,(H,32,33). The van der Waals surface area contributed by atoms with Gasteiger partial charge in [0.2, 0.25) is 10.6 Å². The van der Waals surface area contributed by atoms with Crippen molar-refractivity contribution in [2.45, 2.75) is 6.42 Å². The largest absolute Gasteiger partial charge is 0.495 e. The van der Waals surface area contributed by atoms with Gasteiger partial charge < -0.3 is 19.5 Å². The van der Waals surface area contributed by atoms with Gasteiger partial charge >= 0.3 is 12.0 Å². The summed E-state index contributed by atoms with van der Waals surface area (Å²) in [5, 5.41) is 9.94. The van der Waals surface area contributed by atoms with Crippen molar-refractivity contribution < 1.29 is 24.2 Å². The first-order valence-electron chi connectivity index (χ1n) is 10.8. The number of carboxylic acids is 1. The minimum atomic E-state index is -1.35. The van der Waals surface area contributed by atoms with Gasteiger partial charge in [-0.15, -0.1) is 4.37 Å². The normalized spacial score (nSPS) is 13.4. The van der Waals surface area contributed by atoms with E-state index in [1.54, 1.807) is 31.5 Å². The number of hydrogen-bond acceptors (Lipinski definition) is 11. The van der Waals surface area contributed by atoms with Crippen molar-refractivity contribution in [3.8, 4) is 16.9 Å². The van der Waals surface area contributed by atoms with E-state index >= 15 is 0 Å². The molecule has 1 N–H and O–H groups in total. The van der Waals surface area contributed by atoms with E-state index in [2.05, 4.69) is 19.3 Å². The number of aromatic carboxylic acids is 1. The molecule has 4 aromatic heterocycles. The molecule has 1 aliphatic rings. The maximum Gasteiger partial charge on any atom is 0.341 e. The molecule has 12 nitrogen and oxygen atoms in total. The Labute approximate surface area is 207 Å². The van der Waals surface area contributed by atoms with Crippen LogP contribution in [-0.2, 0) is 11.2 Å². The van der Waals surface area contributed by atoms with Crippen molar-refractivity contribution in [3.05, 3.63) is 58.1 Å². The van der Waals surface area contributed by atoms with Crippen LogP contribution in [0.2, 0.25) is 0 Å². The zero-order chi connectivity index (χ0) is 25.4. The first-order chi connectivity index (χ1) is 17.4. The summed E-state index contributed by atoms with van der Waals surface area (Å²) in [6.07, 6.45) is 3.00. The van der Waals surface area contributed by atoms with E-state index in [1.165, 1.54) is 23.9 Å². The Kier molecular flexibility index (Phi) is 6.06. The lowest BCUT2D eigenvalue weighted by Gasteiger charge is -2.39. The van der Waals surface area contributed by atoms with Crippen LogP contribution in [0.1, 0.15) is 16.1 Å². The number of aromatic nitrogens is 5. The first-order valence-corrected chi connectivity index (χ1v) is 11.6. The molecule has 1 saturated heterocycles. The fourth-order valence-corrected chi connectivity index (χ4v) is 4.50. The second-order valence-corrected chi connectivity index (χ2v) is 8.82. The van der Waals surface area contributed by atoms with Crippen molar-refractivity contribution in [1.29, 1.82) is 0 Å². The molecule has 0 amide bonds. The SMILES string of the molecule is COc1ccc(CC(=O)C2CN(c3ccc4c(=O)c(C(=O)O)cn(-c5nc(OC)ns5)c4n3)C2)nc1. The van der Waals surface area contributed by atoms with E-state index in [4.69, 9.17) is 9.47 Å². The van der Waals surface area contributed by atoms with E-state index in [0.717, 1.165) is 11.5 Å². The molecular formula is C23H20N6O6S. The number of methoxy groups -OCH3 is 2. The summed E-state index contributed by atoms with van der Waals surface area (Å²) >= 11 is 0.980. The molecule has 0 saturated carbocycles. The molecule has 0 aliphatic carbocycles. The van der Waals surface area contributed by atoms with Crippen LogP contribution in [-0.4, -0.2) is 68.1 Å². The lowest BCUT2D eigenvalue weighted by Crippen LogP contribution is -2.51. The Morgan fingerprint density at radius 3 is 2.58 bits per heavy atom. The van der Waals surface area contributed by atoms with Crippen LogP contribution in [0.3, 0.4) is 0 Å². The van der Waals surface area contributed by atoms with E-state index in [0.29, 0.717) is 35.5 Å². The van der Waals surface area contributed by atoms with Gasteiger partial charge in [-0.1, -0.05) is 0 Å². The van der Waals surface area contributed by atoms with Crippen molar-refractivity contribution in [2.24, 2.45) is 5.92 Å². The average molecular weight is 509 g/mol. The van der Waals surface area contributed by atoms with Gasteiger partial charge in [-0.2, -0.15) is 4.98 Å². The highest BCUT2D eigenvalue weighted by Gasteiger charge is 2.33. The Balaban J connectivity index is 1.40. The number of ketones is 1. The summed E-state index contributed by atoms with van der Waals surface area (Å²) in [5.74, 6) is -0.262. The predicted molar refractivity (Wildman–Crippen MR) is 130 cm³/mol. The highest BCUT2D eigenvalue weighted by atomic mass is 32.1. The van der Waals surface area contributed by atoms with E-state index in [-0.39, 0.29) is 35.2 Å². The fourth-order valence-electron chi connectivity index (χ4n) is 3.88. The van der Waals surface area contributed by atoms with E-state index in [9.17, 15) is 19.5 Å². The molecule has 0 radical (unpaired) electrons. The number of pyridine rings is 3. The molecule has 1 aliphatic heterocycles. The van der Waals surface area contributed by atoms with Crippen LogP contribution in [0.25, 0.3) is 16.2 Å². The predicted octanol–water partition coefficient (Wildman–Crippen LogP) is 1.60. The van der Waals surface area contributed by atoms with Crippen molar-refractivity contribution >= 4 is 40.1 Å². The van der Waals surface area contributed by atoms with Crippen LogP contribution in [0.15, 0.2) is 41.5 Å². The topological polar surface area (TPSA) is 150 Å². The molecule has 13 heteroatoms. The number of nitrogens with zero attached hydrogens (tertiary/aromatic N) is 6. The Morgan fingerprint density at radius 1 is 1.14 bits per heavy atom. The first kappa shape index (κ1) is 23.4. The third-order valence-electron chi connectivity index (χ3n) is 5.90. The van der Waals surface area contributed by atoms with Gasteiger partial charge in [0.05, 0.1) is 31.7 Å². The summed E-state index contributed by atoms with van der Waals surface area (Å²) in [7, 11) is 2.97. The molecule has 4 aromatic rings. The summed E-state index contributed by atoms with van der Waals surface area (Å²) in [6, 6.07) is 6.84. The van der Waals surface area contributed by atoms with E-state index in [1.807, 2.05) is 4.90 Å². The maximum atomic E-state index is 12.8. The number of hydrogen-bond donors (Lipinski definition) is 1. The van der Waals surface area contributed by atoms with Crippen LogP contribution >= 0.6 is 11.5 Å². The Morgan fingerprint density at radius 2 is 1.94 bits per heavy atom. The minimum absolute atomic E-state index is 0.0775. The molecule has 0 atom stereocenters. The van der Waals surface area contributed by atoms with Gasteiger partial charge in [-0.3, -0.25) is 19.1 Å². The number of carbonyl (C=O) groups excluding carboxylic acids is 1. The zero-order valence-corrected chi connectivity index (χ0v) is 20.1. The quantitative estimate of drug-likeness (QED) is 0.370. The molecular weight excluding hydrogens is 488 g/mol. The fraction of sp³-hybridized carbons (Fsp3) is 0.261. The lowest BCUT2D eigenvalue weighted by molar-refractivity contribution is -0.123. The van der Waals surface area contributed by atoms with Crippen LogP contribution in [0, 0.1) is 5.92 Å². The molecule has 5 rings (SSSR count). The number of carbonyl (C=O) groups is 2. The number of ether oxygens (including phenoxy) is 2. The highest BCUT2D eigenvalue weighted by molar-refractivity contribution is 7.08. The number of Topliss-reactive ketones (excluding diaryl/α,β-unsaturated/α-hetero) is 1. The third kappa shape index (κ3) is 4.24. The number of fused-ring (bicyclic) bond motifs is 1. The van der Waals surface area contributed by atoms with Crippen LogP contribution < -0.4 is 19.8 Å². The molecule has 0 spiro atoms. The van der Waals surface area contributed by atoms with Gasteiger partial charge in [0.25, 0.3) is 0 Å². The zero-order valence-electron chi connectivity index (χ0n) is 19.2. The van der Waals surface area contributed by atoms with Gasteiger partial charge in [-0.25, -0.2) is 9.78 Å². The molecule has 0 unspecified atom stereocenters. The average Bonchev–Trinajstić information content (AvgIpc) is 3.33. The molecule has 1 fully saturated rings. The highest BCUT2D eigenvalue weighted by Crippen LogP contribution is 2.27. The molecule has 184 valence electrons. The molecule has 0 aromatic carbocycles. The smallest absolute Gasteiger partial charge is 0.341 e. The van der Waals surface area contributed by atoms with E-state index < -0.39 is 17.0 Å². The Bertz CT molecular complexity index is 1530. The molecule has 36 heavy (non-hydrogen) atoms. The maximum absolute atomic E-state index is 12.8. The Hall–Kier alpha value is -4.39.